The maximum Gasteiger partial charge on any atom is 0.328 e. The van der Waals surface area contributed by atoms with Gasteiger partial charge in [-0.05, 0) is 19.7 Å². The number of likely N-dealkylation sites (N-methyl/N-ethyl adjacent to an activating group) is 1. The molecule has 0 aliphatic carbocycles. The fourth-order valence-electron chi connectivity index (χ4n) is 1.71. The average Bonchev–Trinajstić information content (AvgIpc) is 2.37. The molecule has 0 fully saturated rings. The third kappa shape index (κ3) is 5.52. The van der Waals surface area contributed by atoms with Gasteiger partial charge in [0, 0.05) is 6.42 Å². The zero-order valence-electron chi connectivity index (χ0n) is 11.6. The minimum atomic E-state index is -0.653. The van der Waals surface area contributed by atoms with Crippen LogP contribution in [0.1, 0.15) is 5.56 Å². The van der Waals surface area contributed by atoms with Crippen LogP contribution < -0.4 is 5.32 Å². The average molecular weight is 264 g/mol. The number of nitrogens with zero attached hydrogens (tertiary/aromatic N) is 1. The fourth-order valence-corrected chi connectivity index (χ4v) is 1.71. The number of hydrogen-bond donors (Lipinski definition) is 1. The van der Waals surface area contributed by atoms with Crippen LogP contribution in [0.15, 0.2) is 30.3 Å². The monoisotopic (exact) mass is 264 g/mol. The smallest absolute Gasteiger partial charge is 0.328 e. The number of methoxy groups -OCH3 is 1. The Labute approximate surface area is 113 Å². The molecule has 1 atom stereocenters. The second-order valence-electron chi connectivity index (χ2n) is 4.57. The van der Waals surface area contributed by atoms with E-state index < -0.39 is 12.0 Å². The van der Waals surface area contributed by atoms with Gasteiger partial charge < -0.3 is 15.0 Å². The number of rotatable bonds is 6. The number of amides is 1. The molecule has 1 N–H and O–H groups in total. The van der Waals surface area contributed by atoms with E-state index in [0.29, 0.717) is 6.42 Å². The highest BCUT2D eigenvalue weighted by molar-refractivity contribution is 5.85. The number of hydrogen-bond acceptors (Lipinski definition) is 4. The van der Waals surface area contributed by atoms with E-state index in [2.05, 4.69) is 5.32 Å². The molecule has 1 amide bonds. The predicted octanol–water partition coefficient (Wildman–Crippen LogP) is 0.448. The summed E-state index contributed by atoms with van der Waals surface area (Å²) in [5, 5.41) is 2.69. The molecule has 1 aromatic rings. The van der Waals surface area contributed by atoms with Crippen LogP contribution in [0.5, 0.6) is 0 Å². The molecular formula is C14H20N2O3. The first-order valence-corrected chi connectivity index (χ1v) is 6.08. The van der Waals surface area contributed by atoms with E-state index >= 15 is 0 Å². The standard InChI is InChI=1S/C14H20N2O3/c1-16(2)10-13(17)15-12(14(18)19-3)9-11-7-5-4-6-8-11/h4-8,12H,9-10H2,1-3H3,(H,15,17)/t12-/m0/s1. The molecule has 5 heteroatoms. The van der Waals surface area contributed by atoms with E-state index in [-0.39, 0.29) is 12.5 Å². The van der Waals surface area contributed by atoms with Crippen molar-refractivity contribution in [3.63, 3.8) is 0 Å². The molecule has 0 radical (unpaired) electrons. The SMILES string of the molecule is COC(=O)[C@H](Cc1ccccc1)NC(=O)CN(C)C. The lowest BCUT2D eigenvalue weighted by Gasteiger charge is -2.18. The van der Waals surface area contributed by atoms with Gasteiger partial charge in [0.25, 0.3) is 0 Å². The molecule has 1 aromatic carbocycles. The number of ether oxygens (including phenoxy) is 1. The van der Waals surface area contributed by atoms with Crippen LogP contribution in [0.4, 0.5) is 0 Å². The lowest BCUT2D eigenvalue weighted by Crippen LogP contribution is -2.46. The zero-order valence-corrected chi connectivity index (χ0v) is 11.6. The molecule has 19 heavy (non-hydrogen) atoms. The van der Waals surface area contributed by atoms with Gasteiger partial charge in [-0.25, -0.2) is 4.79 Å². The summed E-state index contributed by atoms with van der Waals surface area (Å²) in [6, 6.07) is 8.86. The van der Waals surface area contributed by atoms with Crippen molar-refractivity contribution in [3.8, 4) is 0 Å². The summed E-state index contributed by atoms with van der Waals surface area (Å²) in [5.41, 5.74) is 0.975. The van der Waals surface area contributed by atoms with Crippen molar-refractivity contribution in [2.24, 2.45) is 0 Å². The molecule has 0 bridgehead atoms. The Bertz CT molecular complexity index is 418. The first-order chi connectivity index (χ1) is 9.02. The van der Waals surface area contributed by atoms with Crippen LogP contribution in [-0.2, 0) is 20.7 Å². The van der Waals surface area contributed by atoms with Gasteiger partial charge in [-0.15, -0.1) is 0 Å². The number of benzene rings is 1. The van der Waals surface area contributed by atoms with Crippen molar-refractivity contribution < 1.29 is 14.3 Å². The van der Waals surface area contributed by atoms with Crippen molar-refractivity contribution in [1.29, 1.82) is 0 Å². The second kappa shape index (κ2) is 7.53. The molecule has 0 aliphatic rings. The summed E-state index contributed by atoms with van der Waals surface area (Å²) < 4.78 is 4.72. The molecule has 1 rings (SSSR count). The Morgan fingerprint density at radius 1 is 1.26 bits per heavy atom. The van der Waals surface area contributed by atoms with Crippen LogP contribution in [0.25, 0.3) is 0 Å². The van der Waals surface area contributed by atoms with E-state index in [1.54, 1.807) is 19.0 Å². The lowest BCUT2D eigenvalue weighted by molar-refractivity contribution is -0.145. The molecular weight excluding hydrogens is 244 g/mol. The molecule has 0 spiro atoms. The Kier molecular flexibility index (Phi) is 6.02. The highest BCUT2D eigenvalue weighted by Crippen LogP contribution is 2.04. The van der Waals surface area contributed by atoms with Crippen molar-refractivity contribution in [2.75, 3.05) is 27.7 Å². The fraction of sp³-hybridized carbons (Fsp3) is 0.429. The topological polar surface area (TPSA) is 58.6 Å². The Morgan fingerprint density at radius 2 is 1.89 bits per heavy atom. The van der Waals surface area contributed by atoms with Gasteiger partial charge in [0.2, 0.25) is 5.91 Å². The summed E-state index contributed by atoms with van der Waals surface area (Å²) in [7, 11) is 4.91. The summed E-state index contributed by atoms with van der Waals surface area (Å²) in [6.07, 6.45) is 0.423. The van der Waals surface area contributed by atoms with E-state index in [0.717, 1.165) is 5.56 Å². The quantitative estimate of drug-likeness (QED) is 0.758. The molecule has 104 valence electrons. The van der Waals surface area contributed by atoms with E-state index in [4.69, 9.17) is 4.74 Å². The van der Waals surface area contributed by atoms with Crippen LogP contribution >= 0.6 is 0 Å². The number of carbonyl (C=O) groups excluding carboxylic acids is 2. The van der Waals surface area contributed by atoms with E-state index in [1.807, 2.05) is 30.3 Å². The predicted molar refractivity (Wildman–Crippen MR) is 72.6 cm³/mol. The largest absolute Gasteiger partial charge is 0.467 e. The van der Waals surface area contributed by atoms with Crippen molar-refractivity contribution >= 4 is 11.9 Å². The van der Waals surface area contributed by atoms with Crippen molar-refractivity contribution in [3.05, 3.63) is 35.9 Å². The van der Waals surface area contributed by atoms with Crippen LogP contribution in [0.3, 0.4) is 0 Å². The highest BCUT2D eigenvalue weighted by atomic mass is 16.5. The number of carbonyl (C=O) groups is 2. The molecule has 0 saturated carbocycles. The molecule has 0 aromatic heterocycles. The van der Waals surface area contributed by atoms with Gasteiger partial charge in [0.1, 0.15) is 6.04 Å². The molecule has 0 heterocycles. The van der Waals surface area contributed by atoms with Crippen LogP contribution in [0.2, 0.25) is 0 Å². The zero-order chi connectivity index (χ0) is 14.3. The maximum absolute atomic E-state index is 11.7. The molecule has 5 nitrogen and oxygen atoms in total. The Morgan fingerprint density at radius 3 is 2.42 bits per heavy atom. The van der Waals surface area contributed by atoms with Crippen LogP contribution in [0, 0.1) is 0 Å². The van der Waals surface area contributed by atoms with E-state index in [9.17, 15) is 9.59 Å². The van der Waals surface area contributed by atoms with Crippen molar-refractivity contribution in [1.82, 2.24) is 10.2 Å². The number of esters is 1. The van der Waals surface area contributed by atoms with Gasteiger partial charge in [-0.1, -0.05) is 30.3 Å². The second-order valence-corrected chi connectivity index (χ2v) is 4.57. The van der Waals surface area contributed by atoms with Gasteiger partial charge >= 0.3 is 5.97 Å². The van der Waals surface area contributed by atoms with Gasteiger partial charge in [-0.3, -0.25) is 4.79 Å². The molecule has 0 saturated heterocycles. The summed E-state index contributed by atoms with van der Waals surface area (Å²) >= 11 is 0. The Balaban J connectivity index is 2.67. The Hall–Kier alpha value is -1.88. The van der Waals surface area contributed by atoms with Gasteiger partial charge in [0.05, 0.1) is 13.7 Å². The normalized spacial score (nSPS) is 12.0. The maximum atomic E-state index is 11.7. The van der Waals surface area contributed by atoms with Crippen molar-refractivity contribution in [2.45, 2.75) is 12.5 Å². The minimum absolute atomic E-state index is 0.198. The molecule has 0 unspecified atom stereocenters. The van der Waals surface area contributed by atoms with Gasteiger partial charge in [-0.2, -0.15) is 0 Å². The summed E-state index contributed by atoms with van der Waals surface area (Å²) in [4.78, 5) is 25.1. The van der Waals surface area contributed by atoms with Crippen LogP contribution in [-0.4, -0.2) is 50.6 Å². The third-order valence-electron chi connectivity index (χ3n) is 2.56. The first-order valence-electron chi connectivity index (χ1n) is 6.08. The van der Waals surface area contributed by atoms with Gasteiger partial charge in [0.15, 0.2) is 0 Å². The van der Waals surface area contributed by atoms with E-state index in [1.165, 1.54) is 7.11 Å². The summed E-state index contributed by atoms with van der Waals surface area (Å²) in [6.45, 7) is 0.238. The highest BCUT2D eigenvalue weighted by Gasteiger charge is 2.21. The number of nitrogens with one attached hydrogen (secondary N) is 1. The minimum Gasteiger partial charge on any atom is -0.467 e. The molecule has 0 aliphatic heterocycles. The lowest BCUT2D eigenvalue weighted by atomic mass is 10.1. The first kappa shape index (κ1) is 15.2. The third-order valence-corrected chi connectivity index (χ3v) is 2.56. The summed E-state index contributed by atoms with van der Waals surface area (Å²) in [5.74, 6) is -0.632.